The molecule has 1 aliphatic heterocycles. The molecule has 0 aromatic heterocycles. The highest BCUT2D eigenvalue weighted by Gasteiger charge is 2.42. The molecule has 0 saturated carbocycles. The third-order valence-electron chi connectivity index (χ3n) is 3.69. The molecule has 1 aliphatic rings. The molecule has 1 atom stereocenters. The first kappa shape index (κ1) is 14.7. The number of likely N-dealkylation sites (tertiary alicyclic amines) is 1. The number of alkyl halides is 3. The van der Waals surface area contributed by atoms with Crippen LogP contribution in [0.5, 0.6) is 0 Å². The van der Waals surface area contributed by atoms with E-state index in [9.17, 15) is 18.0 Å². The molecule has 1 fully saturated rings. The zero-order valence-corrected chi connectivity index (χ0v) is 11.2. The summed E-state index contributed by atoms with van der Waals surface area (Å²) in [4.78, 5) is 13.7. The Hall–Kier alpha value is -1.72. The molecule has 6 heteroatoms. The van der Waals surface area contributed by atoms with Crippen molar-refractivity contribution >= 4 is 11.6 Å². The summed E-state index contributed by atoms with van der Waals surface area (Å²) in [5.74, 6) is -1.85. The molecule has 0 bridgehead atoms. The van der Waals surface area contributed by atoms with E-state index in [0.29, 0.717) is 29.8 Å². The zero-order valence-electron chi connectivity index (χ0n) is 11.2. The van der Waals surface area contributed by atoms with Crippen LogP contribution in [0.25, 0.3) is 0 Å². The average Bonchev–Trinajstić information content (AvgIpc) is 2.37. The summed E-state index contributed by atoms with van der Waals surface area (Å²) in [6.45, 7) is 1.80. The number of carbonyl (C=O) groups excluding carboxylic acids is 1. The Kier molecular flexibility index (Phi) is 3.92. The molecule has 20 heavy (non-hydrogen) atoms. The van der Waals surface area contributed by atoms with Crippen LogP contribution in [0.3, 0.4) is 0 Å². The first-order chi connectivity index (χ1) is 9.30. The van der Waals surface area contributed by atoms with E-state index in [1.165, 1.54) is 4.90 Å². The Morgan fingerprint density at radius 3 is 2.70 bits per heavy atom. The van der Waals surface area contributed by atoms with Crippen LogP contribution in [0.1, 0.15) is 28.8 Å². The molecular weight excluding hydrogens is 269 g/mol. The van der Waals surface area contributed by atoms with Gasteiger partial charge in [-0.1, -0.05) is 12.1 Å². The minimum absolute atomic E-state index is 0.0799. The van der Waals surface area contributed by atoms with Gasteiger partial charge in [0.1, 0.15) is 0 Å². The maximum absolute atomic E-state index is 12.8. The van der Waals surface area contributed by atoms with Gasteiger partial charge >= 0.3 is 6.18 Å². The molecule has 2 rings (SSSR count). The molecule has 0 aliphatic carbocycles. The fourth-order valence-corrected chi connectivity index (χ4v) is 2.57. The topological polar surface area (TPSA) is 46.3 Å². The number of nitrogen functional groups attached to an aromatic ring is 1. The van der Waals surface area contributed by atoms with Gasteiger partial charge in [0.25, 0.3) is 5.91 Å². The fourth-order valence-electron chi connectivity index (χ4n) is 2.57. The van der Waals surface area contributed by atoms with Gasteiger partial charge in [-0.2, -0.15) is 13.2 Å². The molecule has 1 aromatic rings. The van der Waals surface area contributed by atoms with Gasteiger partial charge in [0.2, 0.25) is 0 Å². The number of aryl methyl sites for hydroxylation is 1. The summed E-state index contributed by atoms with van der Waals surface area (Å²) >= 11 is 0. The molecule has 1 aromatic carbocycles. The van der Waals surface area contributed by atoms with Gasteiger partial charge in [-0.25, -0.2) is 0 Å². The van der Waals surface area contributed by atoms with Crippen LogP contribution in [0.4, 0.5) is 18.9 Å². The van der Waals surface area contributed by atoms with E-state index in [2.05, 4.69) is 0 Å². The number of benzene rings is 1. The van der Waals surface area contributed by atoms with Crippen molar-refractivity contribution in [3.63, 3.8) is 0 Å². The lowest BCUT2D eigenvalue weighted by molar-refractivity contribution is -0.184. The van der Waals surface area contributed by atoms with Crippen molar-refractivity contribution in [1.82, 2.24) is 4.90 Å². The van der Waals surface area contributed by atoms with E-state index in [1.54, 1.807) is 25.1 Å². The van der Waals surface area contributed by atoms with Crippen molar-refractivity contribution < 1.29 is 18.0 Å². The molecule has 1 unspecified atom stereocenters. The van der Waals surface area contributed by atoms with Gasteiger partial charge in [-0.05, 0) is 31.4 Å². The van der Waals surface area contributed by atoms with Crippen LogP contribution >= 0.6 is 0 Å². The maximum Gasteiger partial charge on any atom is 0.393 e. The number of rotatable bonds is 1. The number of amides is 1. The molecule has 0 radical (unpaired) electrons. The summed E-state index contributed by atoms with van der Waals surface area (Å²) in [7, 11) is 0. The van der Waals surface area contributed by atoms with Crippen molar-refractivity contribution in [2.75, 3.05) is 18.8 Å². The van der Waals surface area contributed by atoms with Gasteiger partial charge in [-0.15, -0.1) is 0 Å². The number of anilines is 1. The molecule has 0 spiro atoms. The Labute approximate surface area is 115 Å². The minimum Gasteiger partial charge on any atom is -0.398 e. The SMILES string of the molecule is Cc1cccc(N)c1C(=O)N1CCCC(C(F)(F)F)C1. The predicted octanol–water partition coefficient (Wildman–Crippen LogP) is 2.99. The van der Waals surface area contributed by atoms with Gasteiger partial charge in [0.15, 0.2) is 0 Å². The van der Waals surface area contributed by atoms with Crippen molar-refractivity contribution in [1.29, 1.82) is 0 Å². The van der Waals surface area contributed by atoms with Crippen LogP contribution in [-0.2, 0) is 0 Å². The molecular formula is C14H17F3N2O. The van der Waals surface area contributed by atoms with Crippen LogP contribution in [0.2, 0.25) is 0 Å². The standard InChI is InChI=1S/C14H17F3N2O/c1-9-4-2-6-11(18)12(9)13(20)19-7-3-5-10(8-19)14(15,16)17/h2,4,6,10H,3,5,7-8,18H2,1H3. The molecule has 1 heterocycles. The molecule has 3 nitrogen and oxygen atoms in total. The number of nitrogens with zero attached hydrogens (tertiary/aromatic N) is 1. The van der Waals surface area contributed by atoms with E-state index in [4.69, 9.17) is 5.73 Å². The lowest BCUT2D eigenvalue weighted by atomic mass is 9.96. The average molecular weight is 286 g/mol. The van der Waals surface area contributed by atoms with Gasteiger partial charge in [-0.3, -0.25) is 4.79 Å². The highest BCUT2D eigenvalue weighted by molar-refractivity contribution is 6.00. The highest BCUT2D eigenvalue weighted by atomic mass is 19.4. The second kappa shape index (κ2) is 5.34. The lowest BCUT2D eigenvalue weighted by Gasteiger charge is -2.34. The smallest absolute Gasteiger partial charge is 0.393 e. The lowest BCUT2D eigenvalue weighted by Crippen LogP contribution is -2.44. The van der Waals surface area contributed by atoms with E-state index in [1.807, 2.05) is 0 Å². The van der Waals surface area contributed by atoms with E-state index in [0.717, 1.165) is 0 Å². The monoisotopic (exact) mass is 286 g/mol. The van der Waals surface area contributed by atoms with Crippen molar-refractivity contribution in [2.45, 2.75) is 25.9 Å². The molecule has 110 valence electrons. The quantitative estimate of drug-likeness (QED) is 0.807. The van der Waals surface area contributed by atoms with Crippen LogP contribution in [-0.4, -0.2) is 30.1 Å². The van der Waals surface area contributed by atoms with Gasteiger partial charge < -0.3 is 10.6 Å². The van der Waals surface area contributed by atoms with Crippen molar-refractivity contribution in [3.05, 3.63) is 29.3 Å². The number of nitrogens with two attached hydrogens (primary N) is 1. The van der Waals surface area contributed by atoms with Crippen LogP contribution in [0, 0.1) is 12.8 Å². The Bertz CT molecular complexity index is 493. The molecule has 2 N–H and O–H groups in total. The normalized spacial score (nSPS) is 20.0. The van der Waals surface area contributed by atoms with Crippen molar-refractivity contribution in [3.8, 4) is 0 Å². The number of piperidine rings is 1. The largest absolute Gasteiger partial charge is 0.398 e. The summed E-state index contributed by atoms with van der Waals surface area (Å²) < 4.78 is 38.3. The highest BCUT2D eigenvalue weighted by Crippen LogP contribution is 2.34. The summed E-state index contributed by atoms with van der Waals surface area (Å²) in [5, 5.41) is 0. The zero-order chi connectivity index (χ0) is 14.9. The predicted molar refractivity (Wildman–Crippen MR) is 70.3 cm³/mol. The Morgan fingerprint density at radius 1 is 1.40 bits per heavy atom. The second-order valence-electron chi connectivity index (χ2n) is 5.17. The summed E-state index contributed by atoms with van der Waals surface area (Å²) in [5.41, 5.74) is 7.09. The summed E-state index contributed by atoms with van der Waals surface area (Å²) in [6.07, 6.45) is -3.81. The minimum atomic E-state index is -4.25. The number of halogens is 3. The number of hydrogen-bond acceptors (Lipinski definition) is 2. The molecule has 1 saturated heterocycles. The Balaban J connectivity index is 2.21. The first-order valence-corrected chi connectivity index (χ1v) is 6.51. The fraction of sp³-hybridized carbons (Fsp3) is 0.500. The van der Waals surface area contributed by atoms with Crippen LogP contribution < -0.4 is 5.73 Å². The summed E-state index contributed by atoms with van der Waals surface area (Å²) in [6, 6.07) is 5.04. The third kappa shape index (κ3) is 2.89. The maximum atomic E-state index is 12.8. The third-order valence-corrected chi connectivity index (χ3v) is 3.69. The number of hydrogen-bond donors (Lipinski definition) is 1. The van der Waals surface area contributed by atoms with Gasteiger partial charge in [0.05, 0.1) is 11.5 Å². The van der Waals surface area contributed by atoms with E-state index < -0.39 is 18.0 Å². The van der Waals surface area contributed by atoms with Crippen molar-refractivity contribution in [2.24, 2.45) is 5.92 Å². The molecule has 1 amide bonds. The van der Waals surface area contributed by atoms with E-state index >= 15 is 0 Å². The number of carbonyl (C=O) groups is 1. The van der Waals surface area contributed by atoms with Gasteiger partial charge in [0, 0.05) is 18.8 Å². The second-order valence-corrected chi connectivity index (χ2v) is 5.17. The van der Waals surface area contributed by atoms with E-state index in [-0.39, 0.29) is 13.0 Å². The Morgan fingerprint density at radius 2 is 2.10 bits per heavy atom. The first-order valence-electron chi connectivity index (χ1n) is 6.51. The van der Waals surface area contributed by atoms with Crippen LogP contribution in [0.15, 0.2) is 18.2 Å².